The first-order chi connectivity index (χ1) is 14.1. The topological polar surface area (TPSA) is 44.7 Å². The molecule has 0 aromatic heterocycles. The Morgan fingerprint density at radius 2 is 2.03 bits per heavy atom. The maximum Gasteiger partial charge on any atom is 0.264 e. The van der Waals surface area contributed by atoms with E-state index in [1.165, 1.54) is 11.8 Å². The molecule has 0 unspecified atom stereocenters. The Morgan fingerprint density at radius 1 is 1.27 bits per heavy atom. The molecule has 0 atom stereocenters. The van der Waals surface area contributed by atoms with Gasteiger partial charge in [-0.15, -0.1) is 0 Å². The smallest absolute Gasteiger partial charge is 0.264 e. The number of carbonyl (C=O) groups excluding carboxylic acids is 1. The molecular weight excluding hydrogens is 421 g/mol. The molecule has 30 heavy (non-hydrogen) atoms. The zero-order valence-corrected chi connectivity index (χ0v) is 18.7. The summed E-state index contributed by atoms with van der Waals surface area (Å²) in [4.78, 5) is 19.3. The van der Waals surface area contributed by atoms with Crippen LogP contribution in [0.3, 0.4) is 0 Å². The van der Waals surface area contributed by atoms with Gasteiger partial charge in [-0.2, -0.15) is 0 Å². The Kier molecular flexibility index (Phi) is 5.24. The van der Waals surface area contributed by atoms with Gasteiger partial charge in [0.05, 0.1) is 16.1 Å². The minimum atomic E-state index is -0.368. The molecule has 1 N–H and O–H groups in total. The van der Waals surface area contributed by atoms with Gasteiger partial charge in [-0.05, 0) is 74.5 Å². The predicted octanol–water partition coefficient (Wildman–Crippen LogP) is 6.00. The van der Waals surface area contributed by atoms with E-state index in [0.717, 1.165) is 16.8 Å². The molecule has 4 nitrogen and oxygen atoms in total. The molecule has 0 aliphatic carbocycles. The third kappa shape index (κ3) is 3.89. The average Bonchev–Trinajstić information content (AvgIpc) is 2.99. The maximum absolute atomic E-state index is 14.9. The van der Waals surface area contributed by atoms with Crippen molar-refractivity contribution in [2.75, 3.05) is 11.9 Å². The maximum atomic E-state index is 14.9. The van der Waals surface area contributed by atoms with Crippen LogP contribution in [0.15, 0.2) is 52.4 Å². The number of aliphatic imine (C=N–C) groups is 1. The Bertz CT molecular complexity index is 1150. The summed E-state index contributed by atoms with van der Waals surface area (Å²) in [6.45, 7) is 6.20. The van der Waals surface area contributed by atoms with Crippen LogP contribution in [-0.2, 0) is 4.79 Å². The van der Waals surface area contributed by atoms with Gasteiger partial charge in [0, 0.05) is 28.9 Å². The van der Waals surface area contributed by atoms with Gasteiger partial charge in [-0.1, -0.05) is 23.7 Å². The molecule has 1 saturated heterocycles. The van der Waals surface area contributed by atoms with E-state index in [1.54, 1.807) is 42.5 Å². The van der Waals surface area contributed by atoms with E-state index >= 15 is 0 Å². The minimum absolute atomic E-state index is 0.198. The standard InChI is InChI=1S/C23H21ClFN3OS/c1-13-12-23(2,3)28(4)19-11-18(25)14(8-17(13)19)9-20-21(29)27-22(30-20)26-16-7-5-6-15(24)10-16/h5-12H,1-4H3,(H,26,27,29)/b20-9+. The van der Waals surface area contributed by atoms with E-state index in [4.69, 9.17) is 11.6 Å². The van der Waals surface area contributed by atoms with Crippen LogP contribution in [0.5, 0.6) is 0 Å². The largest absolute Gasteiger partial charge is 0.365 e. The van der Waals surface area contributed by atoms with E-state index in [1.807, 2.05) is 14.0 Å². The van der Waals surface area contributed by atoms with Crippen LogP contribution in [0, 0.1) is 5.82 Å². The zero-order chi connectivity index (χ0) is 21.6. The molecular formula is C23H21ClFN3OS. The number of hydrogen-bond acceptors (Lipinski definition) is 4. The Labute approximate surface area is 184 Å². The fourth-order valence-corrected chi connectivity index (χ4v) is 4.60. The first-order valence-corrected chi connectivity index (χ1v) is 10.7. The van der Waals surface area contributed by atoms with Gasteiger partial charge >= 0.3 is 0 Å². The van der Waals surface area contributed by atoms with Crippen molar-refractivity contribution in [2.45, 2.75) is 26.3 Å². The lowest BCUT2D eigenvalue weighted by atomic mass is 9.88. The Balaban J connectivity index is 1.67. The lowest BCUT2D eigenvalue weighted by molar-refractivity contribution is -0.115. The number of hydrogen-bond donors (Lipinski definition) is 1. The van der Waals surface area contributed by atoms with Gasteiger partial charge in [0.15, 0.2) is 5.17 Å². The van der Waals surface area contributed by atoms with Crippen molar-refractivity contribution in [2.24, 2.45) is 4.99 Å². The van der Waals surface area contributed by atoms with E-state index in [2.05, 4.69) is 35.1 Å². The van der Waals surface area contributed by atoms with E-state index in [9.17, 15) is 9.18 Å². The summed E-state index contributed by atoms with van der Waals surface area (Å²) in [5.74, 6) is -0.671. The van der Waals surface area contributed by atoms with Gasteiger partial charge in [0.25, 0.3) is 5.91 Å². The van der Waals surface area contributed by atoms with Crippen LogP contribution in [-0.4, -0.2) is 23.7 Å². The first kappa shape index (κ1) is 20.7. The number of nitrogens with one attached hydrogen (secondary N) is 1. The number of rotatable bonds is 2. The molecule has 2 heterocycles. The van der Waals surface area contributed by atoms with Gasteiger partial charge in [0.2, 0.25) is 0 Å². The molecule has 154 valence electrons. The molecule has 2 aliphatic heterocycles. The van der Waals surface area contributed by atoms with Crippen molar-refractivity contribution < 1.29 is 9.18 Å². The highest BCUT2D eigenvalue weighted by atomic mass is 35.5. The normalized spacial score (nSPS) is 20.4. The highest BCUT2D eigenvalue weighted by molar-refractivity contribution is 8.18. The van der Waals surface area contributed by atoms with Crippen molar-refractivity contribution >= 4 is 57.5 Å². The number of anilines is 1. The Morgan fingerprint density at radius 3 is 2.77 bits per heavy atom. The number of carbonyl (C=O) groups is 1. The monoisotopic (exact) mass is 441 g/mol. The first-order valence-electron chi connectivity index (χ1n) is 9.46. The number of thioether (sulfide) groups is 1. The predicted molar refractivity (Wildman–Crippen MR) is 125 cm³/mol. The molecule has 2 aromatic rings. The summed E-state index contributed by atoms with van der Waals surface area (Å²) in [6.07, 6.45) is 3.74. The number of likely N-dealkylation sites (N-methyl/N-ethyl adjacent to an activating group) is 1. The second kappa shape index (κ2) is 7.60. The third-order valence-electron chi connectivity index (χ3n) is 5.31. The van der Waals surface area contributed by atoms with Crippen LogP contribution >= 0.6 is 23.4 Å². The second-order valence-electron chi connectivity index (χ2n) is 7.89. The van der Waals surface area contributed by atoms with Crippen LogP contribution in [0.1, 0.15) is 31.9 Å². The van der Waals surface area contributed by atoms with Gasteiger partial charge in [-0.25, -0.2) is 9.38 Å². The number of halogens is 2. The lowest BCUT2D eigenvalue weighted by Gasteiger charge is -2.40. The van der Waals surface area contributed by atoms with Crippen LogP contribution in [0.4, 0.5) is 15.8 Å². The number of amidine groups is 1. The molecule has 0 radical (unpaired) electrons. The van der Waals surface area contributed by atoms with E-state index in [0.29, 0.717) is 26.3 Å². The van der Waals surface area contributed by atoms with Crippen molar-refractivity contribution in [3.63, 3.8) is 0 Å². The minimum Gasteiger partial charge on any atom is -0.365 e. The third-order valence-corrected chi connectivity index (χ3v) is 6.46. The van der Waals surface area contributed by atoms with Crippen LogP contribution in [0.25, 0.3) is 11.6 Å². The quantitative estimate of drug-likeness (QED) is 0.581. The molecule has 0 spiro atoms. The number of amides is 1. The molecule has 1 amide bonds. The van der Waals surface area contributed by atoms with Crippen LogP contribution < -0.4 is 10.2 Å². The summed E-state index contributed by atoms with van der Waals surface area (Å²) >= 11 is 7.16. The number of allylic oxidation sites excluding steroid dienone is 1. The molecule has 7 heteroatoms. The van der Waals surface area contributed by atoms with Crippen molar-refractivity contribution in [3.8, 4) is 0 Å². The van der Waals surface area contributed by atoms with Crippen molar-refractivity contribution in [3.05, 3.63) is 69.3 Å². The van der Waals surface area contributed by atoms with Gasteiger partial charge < -0.3 is 10.2 Å². The van der Waals surface area contributed by atoms with E-state index in [-0.39, 0.29) is 17.3 Å². The molecule has 2 aliphatic rings. The second-order valence-corrected chi connectivity index (χ2v) is 9.36. The molecule has 0 bridgehead atoms. The lowest BCUT2D eigenvalue weighted by Crippen LogP contribution is -2.42. The van der Waals surface area contributed by atoms with Crippen molar-refractivity contribution in [1.29, 1.82) is 0 Å². The summed E-state index contributed by atoms with van der Waals surface area (Å²) in [5.41, 5.74) is 3.69. The fraction of sp³-hybridized carbons (Fsp3) is 0.217. The average molecular weight is 442 g/mol. The molecule has 1 fully saturated rings. The summed E-state index contributed by atoms with van der Waals surface area (Å²) < 4.78 is 14.9. The molecule has 0 saturated carbocycles. The number of fused-ring (bicyclic) bond motifs is 1. The highest BCUT2D eigenvalue weighted by Gasteiger charge is 2.30. The van der Waals surface area contributed by atoms with Gasteiger partial charge in [-0.3, -0.25) is 4.79 Å². The number of nitrogens with zero attached hydrogens (tertiary/aromatic N) is 2. The molecule has 4 rings (SSSR count). The number of benzene rings is 2. The van der Waals surface area contributed by atoms with E-state index < -0.39 is 0 Å². The van der Waals surface area contributed by atoms with Crippen LogP contribution in [0.2, 0.25) is 5.02 Å². The summed E-state index contributed by atoms with van der Waals surface area (Å²) in [7, 11) is 1.96. The SMILES string of the molecule is CC1=CC(C)(C)N(C)c2cc(F)c(/C=C3/SC(=Nc4cccc(Cl)c4)NC3=O)cc21. The molecule has 2 aromatic carbocycles. The highest BCUT2D eigenvalue weighted by Crippen LogP contribution is 2.40. The Hall–Kier alpha value is -2.57. The van der Waals surface area contributed by atoms with Crippen molar-refractivity contribution in [1.82, 2.24) is 5.32 Å². The summed E-state index contributed by atoms with van der Waals surface area (Å²) in [5, 5.41) is 3.72. The summed E-state index contributed by atoms with van der Waals surface area (Å²) in [6, 6.07) is 10.4. The van der Waals surface area contributed by atoms with Gasteiger partial charge in [0.1, 0.15) is 5.82 Å². The fourth-order valence-electron chi connectivity index (χ4n) is 3.58. The zero-order valence-electron chi connectivity index (χ0n) is 17.1.